The van der Waals surface area contributed by atoms with Gasteiger partial charge in [0.1, 0.15) is 0 Å². The molecule has 0 spiro atoms. The van der Waals surface area contributed by atoms with Crippen molar-refractivity contribution >= 4 is 23.3 Å². The average Bonchev–Trinajstić information content (AvgIpc) is 2.52. The molecule has 0 atom stereocenters. The number of carbonyl (C=O) groups is 1. The van der Waals surface area contributed by atoms with E-state index in [1.54, 1.807) is 9.80 Å². The molecule has 1 fully saturated rings. The van der Waals surface area contributed by atoms with Gasteiger partial charge in [-0.15, -0.1) is 0 Å². The van der Waals surface area contributed by atoms with Gasteiger partial charge in [-0.2, -0.15) is 13.2 Å². The summed E-state index contributed by atoms with van der Waals surface area (Å²) in [6.45, 7) is 6.37. The van der Waals surface area contributed by atoms with Crippen LogP contribution in [-0.4, -0.2) is 43.7 Å². The largest absolute Gasteiger partial charge is 0.416 e. The van der Waals surface area contributed by atoms with Crippen molar-refractivity contribution in [3.8, 4) is 0 Å². The van der Waals surface area contributed by atoms with Crippen LogP contribution in [0, 0.1) is 5.92 Å². The summed E-state index contributed by atoms with van der Waals surface area (Å²) in [4.78, 5) is 15.5. The molecule has 1 N–H and O–H groups in total. The Hall–Kier alpha value is -1.63. The predicted octanol–water partition coefficient (Wildman–Crippen LogP) is 3.85. The molecule has 1 aliphatic heterocycles. The van der Waals surface area contributed by atoms with Gasteiger partial charge >= 0.3 is 12.2 Å². The van der Waals surface area contributed by atoms with Crippen LogP contribution in [0.3, 0.4) is 0 Å². The van der Waals surface area contributed by atoms with E-state index < -0.39 is 11.7 Å². The first-order valence-electron chi connectivity index (χ1n) is 7.83. The van der Waals surface area contributed by atoms with Gasteiger partial charge in [0.2, 0.25) is 0 Å². The van der Waals surface area contributed by atoms with E-state index in [1.807, 2.05) is 13.8 Å². The van der Waals surface area contributed by atoms with E-state index in [0.717, 1.165) is 12.1 Å². The van der Waals surface area contributed by atoms with Crippen molar-refractivity contribution in [2.75, 3.05) is 37.6 Å². The zero-order valence-electron chi connectivity index (χ0n) is 13.7. The first-order valence-corrected chi connectivity index (χ1v) is 8.20. The highest BCUT2D eigenvalue weighted by molar-refractivity contribution is 6.33. The summed E-state index contributed by atoms with van der Waals surface area (Å²) in [5.74, 6) is 0.360. The summed E-state index contributed by atoms with van der Waals surface area (Å²) in [5, 5.41) is 3.12. The zero-order valence-corrected chi connectivity index (χ0v) is 14.4. The second-order valence-corrected chi connectivity index (χ2v) is 6.63. The first-order chi connectivity index (χ1) is 11.2. The molecule has 1 aromatic rings. The molecule has 134 valence electrons. The molecule has 0 aromatic heterocycles. The molecule has 1 aromatic carbocycles. The quantitative estimate of drug-likeness (QED) is 0.885. The molecule has 8 heteroatoms. The molecule has 1 heterocycles. The lowest BCUT2D eigenvalue weighted by Crippen LogP contribution is -2.52. The number of piperazine rings is 1. The van der Waals surface area contributed by atoms with E-state index in [0.29, 0.717) is 44.3 Å². The van der Waals surface area contributed by atoms with Gasteiger partial charge in [-0.05, 0) is 24.1 Å². The van der Waals surface area contributed by atoms with Crippen LogP contribution in [0.15, 0.2) is 18.2 Å². The third-order valence-corrected chi connectivity index (χ3v) is 4.16. The molecule has 0 radical (unpaired) electrons. The minimum absolute atomic E-state index is 0.140. The topological polar surface area (TPSA) is 35.6 Å². The van der Waals surface area contributed by atoms with Crippen LogP contribution in [0.4, 0.5) is 23.7 Å². The second kappa shape index (κ2) is 7.51. The van der Waals surface area contributed by atoms with Gasteiger partial charge in [-0.1, -0.05) is 25.4 Å². The fourth-order valence-electron chi connectivity index (χ4n) is 2.49. The molecule has 2 amide bonds. The van der Waals surface area contributed by atoms with Gasteiger partial charge in [-0.3, -0.25) is 0 Å². The van der Waals surface area contributed by atoms with Crippen LogP contribution in [0.25, 0.3) is 0 Å². The molecule has 2 rings (SSSR count). The van der Waals surface area contributed by atoms with Crippen molar-refractivity contribution in [3.63, 3.8) is 0 Å². The van der Waals surface area contributed by atoms with Crippen molar-refractivity contribution in [2.24, 2.45) is 5.92 Å². The number of amides is 2. The lowest BCUT2D eigenvalue weighted by Gasteiger charge is -2.36. The third-order valence-electron chi connectivity index (χ3n) is 3.84. The summed E-state index contributed by atoms with van der Waals surface area (Å²) < 4.78 is 38.6. The van der Waals surface area contributed by atoms with Crippen molar-refractivity contribution in [2.45, 2.75) is 20.0 Å². The van der Waals surface area contributed by atoms with Gasteiger partial charge in [-0.25, -0.2) is 4.79 Å². The van der Waals surface area contributed by atoms with Crippen LogP contribution in [0.2, 0.25) is 5.02 Å². The summed E-state index contributed by atoms with van der Waals surface area (Å²) in [5.41, 5.74) is -0.368. The number of hydrogen-bond donors (Lipinski definition) is 1. The van der Waals surface area contributed by atoms with Crippen LogP contribution in [0.5, 0.6) is 0 Å². The molecule has 1 saturated heterocycles. The standard InChI is InChI=1S/C16H21ClF3N3O/c1-11(2)10-21-15(24)23-7-5-22(6-8-23)14-9-12(16(18,19)20)3-4-13(14)17/h3-4,9,11H,5-8,10H2,1-2H3,(H,21,24). The average molecular weight is 364 g/mol. The lowest BCUT2D eigenvalue weighted by atomic mass is 10.1. The van der Waals surface area contributed by atoms with E-state index in [2.05, 4.69) is 5.32 Å². The van der Waals surface area contributed by atoms with Gasteiger partial charge in [0.15, 0.2) is 0 Å². The highest BCUT2D eigenvalue weighted by Crippen LogP contribution is 2.35. The van der Waals surface area contributed by atoms with E-state index in [-0.39, 0.29) is 11.1 Å². The maximum absolute atomic E-state index is 12.9. The number of rotatable bonds is 3. The Bertz CT molecular complexity index is 584. The fraction of sp³-hybridized carbons (Fsp3) is 0.562. The predicted molar refractivity (Wildman–Crippen MR) is 88.5 cm³/mol. The SMILES string of the molecule is CC(C)CNC(=O)N1CCN(c2cc(C(F)(F)F)ccc2Cl)CC1. The second-order valence-electron chi connectivity index (χ2n) is 6.22. The van der Waals surface area contributed by atoms with Gasteiger partial charge < -0.3 is 15.1 Å². The fourth-order valence-corrected chi connectivity index (χ4v) is 2.72. The van der Waals surface area contributed by atoms with Crippen molar-refractivity contribution in [1.82, 2.24) is 10.2 Å². The van der Waals surface area contributed by atoms with E-state index in [9.17, 15) is 18.0 Å². The number of anilines is 1. The van der Waals surface area contributed by atoms with Crippen molar-refractivity contribution < 1.29 is 18.0 Å². The number of nitrogens with zero attached hydrogens (tertiary/aromatic N) is 2. The van der Waals surface area contributed by atoms with Crippen molar-refractivity contribution in [1.29, 1.82) is 0 Å². The Balaban J connectivity index is 2.01. The molecule has 4 nitrogen and oxygen atoms in total. The molecule has 24 heavy (non-hydrogen) atoms. The normalized spacial score (nSPS) is 15.8. The third kappa shape index (κ3) is 4.69. The summed E-state index contributed by atoms with van der Waals surface area (Å²) >= 11 is 6.06. The minimum atomic E-state index is -4.40. The summed E-state index contributed by atoms with van der Waals surface area (Å²) in [6.07, 6.45) is -4.40. The van der Waals surface area contributed by atoms with Gasteiger partial charge in [0.25, 0.3) is 0 Å². The van der Waals surface area contributed by atoms with Crippen molar-refractivity contribution in [3.05, 3.63) is 28.8 Å². The Kier molecular flexibility index (Phi) is 5.85. The van der Waals surface area contributed by atoms with Gasteiger partial charge in [0, 0.05) is 32.7 Å². The molecule has 0 saturated carbocycles. The Morgan fingerprint density at radius 3 is 2.42 bits per heavy atom. The molecule has 0 aliphatic carbocycles. The highest BCUT2D eigenvalue weighted by Gasteiger charge is 2.32. The molecule has 0 bridgehead atoms. The van der Waals surface area contributed by atoms with Gasteiger partial charge in [0.05, 0.1) is 16.3 Å². The maximum atomic E-state index is 12.9. The van der Waals surface area contributed by atoms with Crippen LogP contribution in [-0.2, 0) is 6.18 Å². The molecule has 0 unspecified atom stereocenters. The number of urea groups is 1. The zero-order chi connectivity index (χ0) is 17.9. The van der Waals surface area contributed by atoms with Crippen LogP contribution in [0.1, 0.15) is 19.4 Å². The lowest BCUT2D eigenvalue weighted by molar-refractivity contribution is -0.137. The Labute approximate surface area is 144 Å². The molecule has 1 aliphatic rings. The number of benzene rings is 1. The van der Waals surface area contributed by atoms with E-state index in [1.165, 1.54) is 6.07 Å². The maximum Gasteiger partial charge on any atom is 0.416 e. The molecular formula is C16H21ClF3N3O. The first kappa shape index (κ1) is 18.7. The van der Waals surface area contributed by atoms with E-state index in [4.69, 9.17) is 11.6 Å². The van der Waals surface area contributed by atoms with Crippen LogP contribution < -0.4 is 10.2 Å². The van der Waals surface area contributed by atoms with E-state index >= 15 is 0 Å². The molecular weight excluding hydrogens is 343 g/mol. The summed E-state index contributed by atoms with van der Waals surface area (Å²) in [7, 11) is 0. The number of carbonyl (C=O) groups excluding carboxylic acids is 1. The number of alkyl halides is 3. The highest BCUT2D eigenvalue weighted by atomic mass is 35.5. The summed E-state index contributed by atoms with van der Waals surface area (Å²) in [6, 6.07) is 3.16. The Morgan fingerprint density at radius 1 is 1.25 bits per heavy atom. The van der Waals surface area contributed by atoms with Crippen LogP contribution >= 0.6 is 11.6 Å². The monoisotopic (exact) mass is 363 g/mol. The Morgan fingerprint density at radius 2 is 1.88 bits per heavy atom. The number of hydrogen-bond acceptors (Lipinski definition) is 2. The number of halogens is 4. The minimum Gasteiger partial charge on any atom is -0.367 e. The number of nitrogens with one attached hydrogen (secondary N) is 1. The smallest absolute Gasteiger partial charge is 0.367 e.